The summed E-state index contributed by atoms with van der Waals surface area (Å²) in [6.07, 6.45) is 8.02. The van der Waals surface area contributed by atoms with Gasteiger partial charge in [-0.05, 0) is 44.0 Å². The van der Waals surface area contributed by atoms with Crippen molar-refractivity contribution in [1.29, 1.82) is 0 Å². The van der Waals surface area contributed by atoms with E-state index in [9.17, 15) is 4.79 Å². The van der Waals surface area contributed by atoms with E-state index in [-0.39, 0.29) is 11.2 Å². The van der Waals surface area contributed by atoms with Crippen molar-refractivity contribution in [1.82, 2.24) is 15.2 Å². The van der Waals surface area contributed by atoms with Crippen LogP contribution < -0.4 is 10.6 Å². The molecule has 0 bridgehead atoms. The van der Waals surface area contributed by atoms with Gasteiger partial charge in [-0.25, -0.2) is 0 Å². The normalized spacial score (nSPS) is 16.0. The lowest BCUT2D eigenvalue weighted by atomic mass is 9.96. The highest BCUT2D eigenvalue weighted by atomic mass is 32.2. The summed E-state index contributed by atoms with van der Waals surface area (Å²) in [6.45, 7) is 1.89. The first-order chi connectivity index (χ1) is 13.7. The van der Waals surface area contributed by atoms with Crippen LogP contribution in [-0.4, -0.2) is 32.4 Å². The molecule has 1 amide bonds. The Morgan fingerprint density at radius 2 is 2.04 bits per heavy atom. The van der Waals surface area contributed by atoms with E-state index in [2.05, 4.69) is 25.8 Å². The first kappa shape index (κ1) is 19.1. The third-order valence-corrected chi connectivity index (χ3v) is 6.93. The highest BCUT2D eigenvalue weighted by Gasteiger charge is 2.19. The zero-order valence-electron chi connectivity index (χ0n) is 15.7. The molecule has 1 atom stereocenters. The Hall–Kier alpha value is -2.19. The van der Waals surface area contributed by atoms with Crippen molar-refractivity contribution in [3.05, 3.63) is 36.5 Å². The number of fused-ring (bicyclic) bond motifs is 1. The van der Waals surface area contributed by atoms with E-state index in [0.29, 0.717) is 6.04 Å². The van der Waals surface area contributed by atoms with Crippen LogP contribution >= 0.6 is 23.1 Å². The van der Waals surface area contributed by atoms with Crippen LogP contribution in [-0.2, 0) is 4.79 Å². The summed E-state index contributed by atoms with van der Waals surface area (Å²) in [6, 6.07) is 10.1. The smallest absolute Gasteiger partial charge is 0.237 e. The molecule has 2 aromatic heterocycles. The van der Waals surface area contributed by atoms with Crippen LogP contribution in [0.1, 0.15) is 39.0 Å². The molecule has 0 spiro atoms. The van der Waals surface area contributed by atoms with Crippen LogP contribution in [0.5, 0.6) is 0 Å². The number of rotatable bonds is 6. The number of carbonyl (C=O) groups excluding carboxylic acids is 1. The quantitative estimate of drug-likeness (QED) is 0.557. The molecule has 1 aromatic carbocycles. The molecule has 3 aromatic rings. The monoisotopic (exact) mass is 413 g/mol. The van der Waals surface area contributed by atoms with Crippen molar-refractivity contribution in [3.8, 4) is 0 Å². The number of thioether (sulfide) groups is 1. The molecule has 146 valence electrons. The van der Waals surface area contributed by atoms with Crippen LogP contribution in [0.2, 0.25) is 0 Å². The number of pyridine rings is 1. The number of hydrogen-bond donors (Lipinski definition) is 2. The van der Waals surface area contributed by atoms with Crippen molar-refractivity contribution in [2.75, 3.05) is 10.6 Å². The zero-order chi connectivity index (χ0) is 19.3. The minimum atomic E-state index is -0.276. The average Bonchev–Trinajstić information content (AvgIpc) is 3.15. The summed E-state index contributed by atoms with van der Waals surface area (Å²) in [5.74, 6) is -0.0571. The van der Waals surface area contributed by atoms with Gasteiger partial charge < -0.3 is 10.6 Å². The minimum absolute atomic E-state index is 0.0571. The van der Waals surface area contributed by atoms with Crippen molar-refractivity contribution < 1.29 is 4.79 Å². The van der Waals surface area contributed by atoms with Crippen LogP contribution in [0, 0.1) is 0 Å². The van der Waals surface area contributed by atoms with Crippen LogP contribution in [0.3, 0.4) is 0 Å². The van der Waals surface area contributed by atoms with Crippen LogP contribution in [0.4, 0.5) is 10.8 Å². The lowest BCUT2D eigenvalue weighted by Gasteiger charge is -2.21. The molecule has 0 aliphatic heterocycles. The largest absolute Gasteiger partial charge is 0.357 e. The van der Waals surface area contributed by atoms with Gasteiger partial charge in [-0.15, -0.1) is 10.2 Å². The standard InChI is InChI=1S/C20H23N5OS2/c1-13(18(26)23-17-11-5-10-16-15(17)9-6-12-21-16)27-20-25-24-19(28-20)22-14-7-3-2-4-8-14/h5-6,9-14H,2-4,7-8H2,1H3,(H,22,24)(H,23,26). The molecule has 4 rings (SSSR count). The van der Waals surface area contributed by atoms with Crippen LogP contribution in [0.25, 0.3) is 10.9 Å². The third kappa shape index (κ3) is 4.62. The summed E-state index contributed by atoms with van der Waals surface area (Å²) in [7, 11) is 0. The molecule has 6 nitrogen and oxygen atoms in total. The van der Waals surface area contributed by atoms with E-state index in [1.165, 1.54) is 55.2 Å². The van der Waals surface area contributed by atoms with Gasteiger partial charge in [0, 0.05) is 17.6 Å². The number of amides is 1. The van der Waals surface area contributed by atoms with Crippen molar-refractivity contribution in [2.45, 2.75) is 54.7 Å². The van der Waals surface area contributed by atoms with Crippen LogP contribution in [0.15, 0.2) is 40.9 Å². The summed E-state index contributed by atoms with van der Waals surface area (Å²) in [4.78, 5) is 17.0. The number of carbonyl (C=O) groups is 1. The molecule has 1 unspecified atom stereocenters. The maximum absolute atomic E-state index is 12.7. The van der Waals surface area contributed by atoms with Gasteiger partial charge in [-0.3, -0.25) is 9.78 Å². The third-order valence-electron chi connectivity index (χ3n) is 4.89. The van der Waals surface area contributed by atoms with Gasteiger partial charge in [0.1, 0.15) is 0 Å². The molecule has 2 heterocycles. The van der Waals surface area contributed by atoms with E-state index >= 15 is 0 Å². The summed E-state index contributed by atoms with van der Waals surface area (Å²) < 4.78 is 0.806. The first-order valence-corrected chi connectivity index (χ1v) is 11.3. The Bertz CT molecular complexity index is 949. The molecule has 2 N–H and O–H groups in total. The molecule has 1 aliphatic rings. The van der Waals surface area contributed by atoms with Gasteiger partial charge in [-0.2, -0.15) is 0 Å². The van der Waals surface area contributed by atoms with Gasteiger partial charge in [0.15, 0.2) is 4.34 Å². The van der Waals surface area contributed by atoms with Gasteiger partial charge in [-0.1, -0.05) is 48.4 Å². The number of anilines is 2. The van der Waals surface area contributed by atoms with Crippen molar-refractivity contribution >= 4 is 50.7 Å². The molecular formula is C20H23N5OS2. The van der Waals surface area contributed by atoms with Gasteiger partial charge in [0.25, 0.3) is 0 Å². The van der Waals surface area contributed by atoms with Gasteiger partial charge in [0.2, 0.25) is 11.0 Å². The topological polar surface area (TPSA) is 79.8 Å². The van der Waals surface area contributed by atoms with Gasteiger partial charge >= 0.3 is 0 Å². The maximum atomic E-state index is 12.7. The van der Waals surface area contributed by atoms with Crippen molar-refractivity contribution in [2.24, 2.45) is 0 Å². The lowest BCUT2D eigenvalue weighted by Crippen LogP contribution is -2.22. The second-order valence-electron chi connectivity index (χ2n) is 6.98. The summed E-state index contributed by atoms with van der Waals surface area (Å²) in [5.41, 5.74) is 1.64. The average molecular weight is 414 g/mol. The summed E-state index contributed by atoms with van der Waals surface area (Å²) in [5, 5.41) is 16.5. The number of nitrogens with one attached hydrogen (secondary N) is 2. The van der Waals surface area contributed by atoms with Crippen molar-refractivity contribution in [3.63, 3.8) is 0 Å². The molecule has 0 radical (unpaired) electrons. The zero-order valence-corrected chi connectivity index (χ0v) is 17.4. The molecule has 1 saturated carbocycles. The van der Waals surface area contributed by atoms with E-state index in [1.54, 1.807) is 6.20 Å². The Kier molecular flexibility index (Phi) is 6.07. The Morgan fingerprint density at radius 3 is 2.89 bits per heavy atom. The van der Waals surface area contributed by atoms with Gasteiger partial charge in [0.05, 0.1) is 16.5 Å². The first-order valence-electron chi connectivity index (χ1n) is 9.60. The minimum Gasteiger partial charge on any atom is -0.357 e. The molecular weight excluding hydrogens is 390 g/mol. The van der Waals surface area contributed by atoms with E-state index in [1.807, 2.05) is 37.3 Å². The molecule has 1 aliphatic carbocycles. The van der Waals surface area contributed by atoms with E-state index in [4.69, 9.17) is 0 Å². The second kappa shape index (κ2) is 8.87. The molecule has 0 saturated heterocycles. The Morgan fingerprint density at radius 1 is 1.18 bits per heavy atom. The Balaban J connectivity index is 1.36. The fraction of sp³-hybridized carbons (Fsp3) is 0.400. The maximum Gasteiger partial charge on any atom is 0.237 e. The molecule has 1 fully saturated rings. The SMILES string of the molecule is CC(Sc1nnc(NC2CCCCC2)s1)C(=O)Nc1cccc2ncccc12. The lowest BCUT2D eigenvalue weighted by molar-refractivity contribution is -0.115. The van der Waals surface area contributed by atoms with E-state index < -0.39 is 0 Å². The summed E-state index contributed by atoms with van der Waals surface area (Å²) >= 11 is 2.96. The molecule has 8 heteroatoms. The number of nitrogens with zero attached hydrogens (tertiary/aromatic N) is 3. The Labute approximate surface area is 172 Å². The highest BCUT2D eigenvalue weighted by molar-refractivity contribution is 8.02. The molecule has 28 heavy (non-hydrogen) atoms. The highest BCUT2D eigenvalue weighted by Crippen LogP contribution is 2.31. The second-order valence-corrected chi connectivity index (χ2v) is 9.54. The predicted molar refractivity (Wildman–Crippen MR) is 116 cm³/mol. The van der Waals surface area contributed by atoms with E-state index in [0.717, 1.165) is 26.1 Å². The number of aromatic nitrogens is 3. The number of hydrogen-bond acceptors (Lipinski definition) is 7. The predicted octanol–water partition coefficient (Wildman–Crippen LogP) is 4.95. The fourth-order valence-corrected chi connectivity index (χ4v) is 5.36. The number of benzene rings is 1. The fourth-order valence-electron chi connectivity index (χ4n) is 3.39.